The van der Waals surface area contributed by atoms with E-state index in [0.29, 0.717) is 0 Å². The molecule has 0 aliphatic carbocycles. The van der Waals surface area contributed by atoms with Gasteiger partial charge in [-0.05, 0) is 0 Å². The molecular weight excluding hydrogens is 220 g/mol. The number of ether oxygens (including phenoxy) is 1. The zero-order valence-electron chi connectivity index (χ0n) is 8.74. The summed E-state index contributed by atoms with van der Waals surface area (Å²) in [4.78, 5) is 15.4. The van der Waals surface area contributed by atoms with Crippen molar-refractivity contribution in [1.82, 2.24) is 5.32 Å². The first-order valence-electron chi connectivity index (χ1n) is 4.76. The summed E-state index contributed by atoms with van der Waals surface area (Å²) in [5, 5.41) is 30.4. The van der Waals surface area contributed by atoms with Crippen molar-refractivity contribution in [2.24, 2.45) is 5.90 Å². The molecule has 0 aromatic heterocycles. The Balaban J connectivity index is 2.78. The zero-order valence-corrected chi connectivity index (χ0v) is 8.74. The van der Waals surface area contributed by atoms with Crippen molar-refractivity contribution in [3.8, 4) is 0 Å². The average Bonchev–Trinajstić information content (AvgIpc) is 2.23. The Morgan fingerprint density at radius 1 is 1.56 bits per heavy atom. The highest BCUT2D eigenvalue weighted by atomic mass is 16.7. The molecule has 5 atom stereocenters. The highest BCUT2D eigenvalue weighted by Crippen LogP contribution is 2.21. The van der Waals surface area contributed by atoms with Crippen molar-refractivity contribution in [1.29, 1.82) is 0 Å². The monoisotopic (exact) mass is 236 g/mol. The third-order valence-electron chi connectivity index (χ3n) is 2.40. The lowest BCUT2D eigenvalue weighted by Crippen LogP contribution is -2.65. The molecule has 1 amide bonds. The van der Waals surface area contributed by atoms with Crippen LogP contribution < -0.4 is 11.2 Å². The molecule has 8 nitrogen and oxygen atoms in total. The lowest BCUT2D eigenvalue weighted by molar-refractivity contribution is -0.262. The fourth-order valence-corrected chi connectivity index (χ4v) is 1.63. The molecule has 0 saturated carbocycles. The number of nitrogens with two attached hydrogens (primary N) is 1. The summed E-state index contributed by atoms with van der Waals surface area (Å²) in [6, 6.07) is -0.986. The van der Waals surface area contributed by atoms with Crippen LogP contribution in [0.3, 0.4) is 0 Å². The Kier molecular flexibility index (Phi) is 4.59. The van der Waals surface area contributed by atoms with Crippen molar-refractivity contribution in [2.45, 2.75) is 37.6 Å². The number of aliphatic hydroxyl groups excluding tert-OH is 3. The molecule has 0 aromatic carbocycles. The molecule has 0 spiro atoms. The molecule has 1 aliphatic heterocycles. The van der Waals surface area contributed by atoms with E-state index in [1.807, 2.05) is 0 Å². The molecule has 1 saturated heterocycles. The van der Waals surface area contributed by atoms with Gasteiger partial charge in [0, 0.05) is 6.92 Å². The van der Waals surface area contributed by atoms with Gasteiger partial charge in [-0.2, -0.15) is 0 Å². The van der Waals surface area contributed by atoms with Crippen LogP contribution in [0.1, 0.15) is 6.92 Å². The molecule has 6 N–H and O–H groups in total. The van der Waals surface area contributed by atoms with Gasteiger partial charge in [0.15, 0.2) is 6.29 Å². The molecule has 1 unspecified atom stereocenters. The molecule has 1 heterocycles. The van der Waals surface area contributed by atoms with Crippen LogP contribution in [-0.2, 0) is 14.4 Å². The van der Waals surface area contributed by atoms with Crippen LogP contribution in [0, 0.1) is 0 Å². The van der Waals surface area contributed by atoms with Gasteiger partial charge in [-0.1, -0.05) is 0 Å². The Bertz CT molecular complexity index is 251. The number of hydrogen-bond donors (Lipinski definition) is 5. The van der Waals surface area contributed by atoms with Gasteiger partial charge in [-0.15, -0.1) is 0 Å². The first-order chi connectivity index (χ1) is 7.51. The minimum atomic E-state index is -1.40. The van der Waals surface area contributed by atoms with Crippen LogP contribution in [0.25, 0.3) is 0 Å². The normalized spacial score (nSPS) is 39.4. The van der Waals surface area contributed by atoms with Gasteiger partial charge in [0.1, 0.15) is 24.4 Å². The van der Waals surface area contributed by atoms with Crippen LogP contribution in [0.2, 0.25) is 0 Å². The van der Waals surface area contributed by atoms with Gasteiger partial charge in [0.2, 0.25) is 5.91 Å². The van der Waals surface area contributed by atoms with Crippen molar-refractivity contribution in [2.75, 3.05) is 6.61 Å². The Morgan fingerprint density at radius 3 is 2.62 bits per heavy atom. The van der Waals surface area contributed by atoms with Gasteiger partial charge >= 0.3 is 0 Å². The number of amides is 1. The largest absolute Gasteiger partial charge is 0.394 e. The second kappa shape index (κ2) is 5.53. The predicted octanol–water partition coefficient (Wildman–Crippen LogP) is -3.18. The predicted molar refractivity (Wildman–Crippen MR) is 50.6 cm³/mol. The average molecular weight is 236 g/mol. The van der Waals surface area contributed by atoms with E-state index in [-0.39, 0.29) is 0 Å². The summed E-state index contributed by atoms with van der Waals surface area (Å²) in [5.41, 5.74) is 0. The third-order valence-corrected chi connectivity index (χ3v) is 2.40. The molecule has 8 heteroatoms. The van der Waals surface area contributed by atoms with Gasteiger partial charge in [-0.25, -0.2) is 5.90 Å². The highest BCUT2D eigenvalue weighted by molar-refractivity contribution is 5.73. The smallest absolute Gasteiger partial charge is 0.217 e. The van der Waals surface area contributed by atoms with Crippen LogP contribution in [0.15, 0.2) is 0 Å². The second-order valence-electron chi connectivity index (χ2n) is 3.57. The maximum absolute atomic E-state index is 10.9. The minimum absolute atomic E-state index is 0.427. The Hall–Kier alpha value is -0.770. The van der Waals surface area contributed by atoms with E-state index in [4.69, 9.17) is 15.7 Å². The van der Waals surface area contributed by atoms with Gasteiger partial charge in [0.25, 0.3) is 0 Å². The molecule has 1 rings (SSSR count). The Morgan fingerprint density at radius 2 is 2.19 bits per heavy atom. The van der Waals surface area contributed by atoms with E-state index in [0.717, 1.165) is 0 Å². The molecule has 1 fully saturated rings. The quantitative estimate of drug-likeness (QED) is 0.326. The van der Waals surface area contributed by atoms with Gasteiger partial charge < -0.3 is 25.4 Å². The van der Waals surface area contributed by atoms with Gasteiger partial charge in [-0.3, -0.25) is 9.63 Å². The number of carbonyl (C=O) groups is 1. The first-order valence-corrected chi connectivity index (χ1v) is 4.76. The van der Waals surface area contributed by atoms with Crippen LogP contribution >= 0.6 is 0 Å². The Labute approximate surface area is 91.9 Å². The summed E-state index contributed by atoms with van der Waals surface area (Å²) in [7, 11) is 0. The fourth-order valence-electron chi connectivity index (χ4n) is 1.63. The van der Waals surface area contributed by atoms with Crippen molar-refractivity contribution in [3.05, 3.63) is 0 Å². The topological polar surface area (TPSA) is 134 Å². The summed E-state index contributed by atoms with van der Waals surface area (Å²) < 4.78 is 4.90. The standard InChI is InChI=1S/C8H16N2O6/c1-3(12)10-5-7(16-9)6(13)4(2-11)15-8(5)14/h4-8,11,13-14H,2,9H2,1H3,(H,10,12)/t4-,5-,6+,7-,8?/m1/s1. The van der Waals surface area contributed by atoms with E-state index in [1.165, 1.54) is 6.92 Å². The van der Waals surface area contributed by atoms with E-state index in [2.05, 4.69) is 10.2 Å². The maximum atomic E-state index is 10.9. The van der Waals surface area contributed by atoms with Crippen LogP contribution in [-0.4, -0.2) is 58.5 Å². The van der Waals surface area contributed by atoms with Crippen molar-refractivity contribution >= 4 is 5.91 Å². The van der Waals surface area contributed by atoms with Crippen LogP contribution in [0.4, 0.5) is 0 Å². The number of aliphatic hydroxyl groups is 3. The van der Waals surface area contributed by atoms with Gasteiger partial charge in [0.05, 0.1) is 6.61 Å². The summed E-state index contributed by atoms with van der Waals surface area (Å²) in [6.45, 7) is 0.746. The number of hydrogen-bond acceptors (Lipinski definition) is 7. The molecule has 0 radical (unpaired) electrons. The van der Waals surface area contributed by atoms with Crippen molar-refractivity contribution < 1.29 is 29.7 Å². The second-order valence-corrected chi connectivity index (χ2v) is 3.57. The van der Waals surface area contributed by atoms with E-state index < -0.39 is 43.2 Å². The summed E-state index contributed by atoms with van der Waals surface area (Å²) >= 11 is 0. The van der Waals surface area contributed by atoms with E-state index >= 15 is 0 Å². The molecule has 16 heavy (non-hydrogen) atoms. The number of nitrogens with one attached hydrogen (secondary N) is 1. The summed E-state index contributed by atoms with van der Waals surface area (Å²) in [6.07, 6.45) is -4.70. The molecule has 1 aliphatic rings. The number of rotatable bonds is 3. The third kappa shape index (κ3) is 2.67. The zero-order chi connectivity index (χ0) is 12.3. The highest BCUT2D eigenvalue weighted by Gasteiger charge is 2.45. The molecule has 0 bridgehead atoms. The molecule has 0 aromatic rings. The van der Waals surface area contributed by atoms with E-state index in [1.54, 1.807) is 0 Å². The lowest BCUT2D eigenvalue weighted by atomic mass is 9.97. The fraction of sp³-hybridized carbons (Fsp3) is 0.875. The summed E-state index contributed by atoms with van der Waals surface area (Å²) in [5.74, 6) is 4.55. The minimum Gasteiger partial charge on any atom is -0.394 e. The number of carbonyl (C=O) groups excluding carboxylic acids is 1. The van der Waals surface area contributed by atoms with Crippen molar-refractivity contribution in [3.63, 3.8) is 0 Å². The SMILES string of the molecule is CC(=O)N[C@H]1C(O)O[C@H](CO)[C@H](O)[C@@H]1ON. The van der Waals surface area contributed by atoms with Crippen LogP contribution in [0.5, 0.6) is 0 Å². The first kappa shape index (κ1) is 13.3. The maximum Gasteiger partial charge on any atom is 0.217 e. The lowest BCUT2D eigenvalue weighted by Gasteiger charge is -2.41. The van der Waals surface area contributed by atoms with E-state index in [9.17, 15) is 15.0 Å². The molecular formula is C8H16N2O6. The molecule has 94 valence electrons.